The number of carbonyl (C=O) groups excluding carboxylic acids is 1. The molecule has 0 bridgehead atoms. The first-order valence-corrected chi connectivity index (χ1v) is 10.8. The van der Waals surface area contributed by atoms with Gasteiger partial charge in [0, 0.05) is 6.07 Å². The van der Waals surface area contributed by atoms with Crippen molar-refractivity contribution in [2.45, 2.75) is 27.2 Å². The first kappa shape index (κ1) is 24.4. The summed E-state index contributed by atoms with van der Waals surface area (Å²) in [6, 6.07) is 14.8. The molecule has 0 fully saturated rings. The molecule has 176 valence electrons. The van der Waals surface area contributed by atoms with Crippen molar-refractivity contribution in [3.8, 4) is 23.3 Å². The summed E-state index contributed by atoms with van der Waals surface area (Å²) in [5.41, 5.74) is 2.90. The van der Waals surface area contributed by atoms with Gasteiger partial charge in [-0.1, -0.05) is 24.2 Å². The lowest BCUT2D eigenvalue weighted by molar-refractivity contribution is -0.112. The first-order chi connectivity index (χ1) is 16.4. The summed E-state index contributed by atoms with van der Waals surface area (Å²) < 4.78 is 22.0. The largest absolute Gasteiger partial charge is 0.493 e. The number of aryl methyl sites for hydroxylation is 3. The molecule has 0 saturated carbocycles. The molecule has 3 aromatic rings. The summed E-state index contributed by atoms with van der Waals surface area (Å²) >= 11 is 0. The lowest BCUT2D eigenvalue weighted by atomic mass is 10.1. The Hall–Kier alpha value is -4.25. The highest BCUT2D eigenvalue weighted by molar-refractivity contribution is 6.09. The van der Waals surface area contributed by atoms with E-state index in [1.54, 1.807) is 31.2 Å². The van der Waals surface area contributed by atoms with Crippen molar-refractivity contribution in [1.29, 1.82) is 5.26 Å². The van der Waals surface area contributed by atoms with Crippen molar-refractivity contribution >= 4 is 17.8 Å². The second kappa shape index (κ2) is 11.6. The van der Waals surface area contributed by atoms with Gasteiger partial charge in [-0.15, -0.1) is 0 Å². The smallest absolute Gasteiger partial charge is 0.267 e. The van der Waals surface area contributed by atoms with Gasteiger partial charge in [0.05, 0.1) is 7.11 Å². The van der Waals surface area contributed by atoms with Gasteiger partial charge in [0.25, 0.3) is 5.91 Å². The molecule has 0 radical (unpaired) electrons. The molecule has 0 unspecified atom stereocenters. The van der Waals surface area contributed by atoms with Crippen LogP contribution in [-0.2, 0) is 11.2 Å². The van der Waals surface area contributed by atoms with Crippen molar-refractivity contribution in [3.63, 3.8) is 0 Å². The van der Waals surface area contributed by atoms with Crippen LogP contribution in [0.5, 0.6) is 17.2 Å². The van der Waals surface area contributed by atoms with E-state index >= 15 is 0 Å². The number of ether oxygens (including phenoxy) is 3. The molecular formula is C26H27N3O5. The number of methoxy groups -OCH3 is 1. The van der Waals surface area contributed by atoms with Gasteiger partial charge >= 0.3 is 0 Å². The predicted molar refractivity (Wildman–Crippen MR) is 128 cm³/mol. The average molecular weight is 462 g/mol. The maximum atomic E-state index is 12.4. The maximum absolute atomic E-state index is 12.4. The zero-order valence-corrected chi connectivity index (χ0v) is 19.7. The number of aromatic nitrogens is 1. The zero-order chi connectivity index (χ0) is 24.5. The van der Waals surface area contributed by atoms with Crippen LogP contribution >= 0.6 is 0 Å². The van der Waals surface area contributed by atoms with Crippen LogP contribution in [-0.4, -0.2) is 31.4 Å². The monoisotopic (exact) mass is 461 g/mol. The number of hydrogen-bond acceptors (Lipinski definition) is 7. The molecule has 0 aliphatic heterocycles. The first-order valence-electron chi connectivity index (χ1n) is 10.8. The summed E-state index contributed by atoms with van der Waals surface area (Å²) in [5.74, 6) is 2.02. The Balaban J connectivity index is 1.62. The van der Waals surface area contributed by atoms with E-state index in [0.717, 1.165) is 17.7 Å². The van der Waals surface area contributed by atoms with E-state index in [-0.39, 0.29) is 11.4 Å². The summed E-state index contributed by atoms with van der Waals surface area (Å²) in [5, 5.41) is 15.6. The number of nitrogens with zero attached hydrogens (tertiary/aromatic N) is 2. The van der Waals surface area contributed by atoms with E-state index in [1.165, 1.54) is 18.7 Å². The quantitative estimate of drug-likeness (QED) is 0.261. The minimum absolute atomic E-state index is 0.0885. The van der Waals surface area contributed by atoms with E-state index in [4.69, 9.17) is 18.7 Å². The van der Waals surface area contributed by atoms with Gasteiger partial charge in [0.15, 0.2) is 17.3 Å². The fraction of sp³-hybridized carbons (Fsp3) is 0.269. The van der Waals surface area contributed by atoms with Crippen LogP contribution in [0.4, 0.5) is 5.82 Å². The Morgan fingerprint density at radius 1 is 1.12 bits per heavy atom. The van der Waals surface area contributed by atoms with Gasteiger partial charge in [-0.05, 0) is 67.3 Å². The van der Waals surface area contributed by atoms with E-state index in [2.05, 4.69) is 23.5 Å². The fourth-order valence-corrected chi connectivity index (χ4v) is 3.24. The van der Waals surface area contributed by atoms with E-state index in [0.29, 0.717) is 36.0 Å². The van der Waals surface area contributed by atoms with Crippen LogP contribution in [0, 0.1) is 25.2 Å². The molecule has 0 aliphatic carbocycles. The molecule has 34 heavy (non-hydrogen) atoms. The van der Waals surface area contributed by atoms with Crippen LogP contribution in [0.3, 0.4) is 0 Å². The molecule has 0 saturated heterocycles. The predicted octanol–water partition coefficient (Wildman–Crippen LogP) is 4.87. The van der Waals surface area contributed by atoms with Gasteiger partial charge < -0.3 is 24.1 Å². The molecule has 0 aliphatic rings. The second-order valence-electron chi connectivity index (χ2n) is 7.56. The summed E-state index contributed by atoms with van der Waals surface area (Å²) in [6.07, 6.45) is 2.41. The second-order valence-corrected chi connectivity index (χ2v) is 7.56. The Bertz CT molecular complexity index is 1220. The third-order valence-electron chi connectivity index (χ3n) is 4.86. The standard InChI is InChI=1S/C26H27N3O5/c1-5-19-10-17(2)11-22(14-19)32-8-9-33-23-7-6-20(15-24(23)31-4)13-21(16-27)26(30)28-25-12-18(3)34-29-25/h6-7,10-15H,5,8-9H2,1-4H3,(H,28,29,30)/b21-13-. The van der Waals surface area contributed by atoms with E-state index < -0.39 is 5.91 Å². The van der Waals surface area contributed by atoms with Crippen LogP contribution in [0.15, 0.2) is 52.6 Å². The highest BCUT2D eigenvalue weighted by atomic mass is 16.5. The Kier molecular flexibility index (Phi) is 8.30. The minimum atomic E-state index is -0.588. The number of hydrogen-bond donors (Lipinski definition) is 1. The molecule has 1 amide bonds. The SMILES string of the molecule is CCc1cc(C)cc(OCCOc2ccc(/C=C(/C#N)C(=O)Nc3cc(C)on3)cc2OC)c1. The zero-order valence-electron chi connectivity index (χ0n) is 19.7. The van der Waals surface area contributed by atoms with Gasteiger partial charge in [0.1, 0.15) is 36.4 Å². The molecule has 1 aromatic heterocycles. The number of anilines is 1. The number of rotatable bonds is 10. The Morgan fingerprint density at radius 3 is 2.59 bits per heavy atom. The summed E-state index contributed by atoms with van der Waals surface area (Å²) in [6.45, 7) is 6.55. The number of nitrogens with one attached hydrogen (secondary N) is 1. The molecule has 8 heteroatoms. The Morgan fingerprint density at radius 2 is 1.91 bits per heavy atom. The van der Waals surface area contributed by atoms with Crippen LogP contribution in [0.1, 0.15) is 29.4 Å². The molecule has 1 heterocycles. The maximum Gasteiger partial charge on any atom is 0.267 e. The molecule has 8 nitrogen and oxygen atoms in total. The van der Waals surface area contributed by atoms with Crippen molar-refractivity contribution in [2.24, 2.45) is 0 Å². The molecular weight excluding hydrogens is 434 g/mol. The van der Waals surface area contributed by atoms with Crippen molar-refractivity contribution in [3.05, 3.63) is 70.5 Å². The lowest BCUT2D eigenvalue weighted by Gasteiger charge is -2.13. The van der Waals surface area contributed by atoms with Crippen molar-refractivity contribution in [2.75, 3.05) is 25.6 Å². The summed E-state index contributed by atoms with van der Waals surface area (Å²) in [7, 11) is 1.52. The number of nitriles is 1. The van der Waals surface area contributed by atoms with Crippen LogP contribution in [0.25, 0.3) is 6.08 Å². The topological polar surface area (TPSA) is 107 Å². The van der Waals surface area contributed by atoms with Gasteiger partial charge in [-0.3, -0.25) is 4.79 Å². The number of carbonyl (C=O) groups is 1. The lowest BCUT2D eigenvalue weighted by Crippen LogP contribution is -2.13. The van der Waals surface area contributed by atoms with Gasteiger partial charge in [-0.25, -0.2) is 0 Å². The van der Waals surface area contributed by atoms with Crippen molar-refractivity contribution < 1.29 is 23.5 Å². The molecule has 2 aromatic carbocycles. The van der Waals surface area contributed by atoms with Gasteiger partial charge in [-0.2, -0.15) is 5.26 Å². The highest BCUT2D eigenvalue weighted by Crippen LogP contribution is 2.29. The van der Waals surface area contributed by atoms with Crippen LogP contribution < -0.4 is 19.5 Å². The number of amides is 1. The molecule has 0 spiro atoms. The normalized spacial score (nSPS) is 11.0. The molecule has 1 N–H and O–H groups in total. The van der Waals surface area contributed by atoms with Crippen LogP contribution in [0.2, 0.25) is 0 Å². The molecule has 3 rings (SSSR count). The average Bonchev–Trinajstić information content (AvgIpc) is 3.24. The van der Waals surface area contributed by atoms with E-state index in [1.807, 2.05) is 25.1 Å². The van der Waals surface area contributed by atoms with Gasteiger partial charge in [0.2, 0.25) is 0 Å². The Labute approximate surface area is 198 Å². The summed E-state index contributed by atoms with van der Waals surface area (Å²) in [4.78, 5) is 12.4. The minimum Gasteiger partial charge on any atom is -0.493 e. The van der Waals surface area contributed by atoms with E-state index in [9.17, 15) is 10.1 Å². The number of benzene rings is 2. The highest BCUT2D eigenvalue weighted by Gasteiger charge is 2.13. The molecule has 0 atom stereocenters. The van der Waals surface area contributed by atoms with Crippen molar-refractivity contribution in [1.82, 2.24) is 5.16 Å². The third-order valence-corrected chi connectivity index (χ3v) is 4.86. The fourth-order valence-electron chi connectivity index (χ4n) is 3.24. The third kappa shape index (κ3) is 6.62.